The maximum absolute atomic E-state index is 12.9. The van der Waals surface area contributed by atoms with E-state index in [0.29, 0.717) is 6.04 Å². The first-order valence-corrected chi connectivity index (χ1v) is 9.87. The number of carbonyl (C=O) groups excluding carboxylic acids is 1. The van der Waals surface area contributed by atoms with Gasteiger partial charge in [0.1, 0.15) is 0 Å². The van der Waals surface area contributed by atoms with Crippen molar-refractivity contribution < 1.29 is 4.79 Å². The molecule has 1 saturated heterocycles. The summed E-state index contributed by atoms with van der Waals surface area (Å²) >= 11 is 5.98. The molecule has 1 N–H and O–H groups in total. The lowest BCUT2D eigenvalue weighted by Crippen LogP contribution is -2.47. The predicted molar refractivity (Wildman–Crippen MR) is 105 cm³/mol. The van der Waals surface area contributed by atoms with E-state index in [1.165, 1.54) is 5.56 Å². The summed E-state index contributed by atoms with van der Waals surface area (Å²) in [5.41, 5.74) is 2.14. The Labute approximate surface area is 160 Å². The van der Waals surface area contributed by atoms with Gasteiger partial charge in [-0.25, -0.2) is 0 Å². The number of rotatable bonds is 5. The van der Waals surface area contributed by atoms with Crippen LogP contribution in [0.3, 0.4) is 0 Å². The number of benzene rings is 2. The molecule has 0 bridgehead atoms. The molecule has 4 heteroatoms. The monoisotopic (exact) mass is 368 g/mol. The van der Waals surface area contributed by atoms with Crippen LogP contribution in [0.4, 0.5) is 0 Å². The van der Waals surface area contributed by atoms with Gasteiger partial charge in [0.25, 0.3) is 0 Å². The Morgan fingerprint density at radius 3 is 2.31 bits per heavy atom. The fourth-order valence-electron chi connectivity index (χ4n) is 3.94. The predicted octanol–water partition coefficient (Wildman–Crippen LogP) is 4.15. The second kappa shape index (κ2) is 7.42. The lowest BCUT2D eigenvalue weighted by molar-refractivity contribution is -0.124. The summed E-state index contributed by atoms with van der Waals surface area (Å²) in [6, 6.07) is 18.6. The zero-order valence-corrected chi connectivity index (χ0v) is 15.7. The van der Waals surface area contributed by atoms with Crippen LogP contribution in [-0.2, 0) is 16.8 Å². The second-order valence-corrected chi connectivity index (χ2v) is 8.03. The zero-order chi connectivity index (χ0) is 18.0. The Balaban J connectivity index is 1.30. The van der Waals surface area contributed by atoms with Crippen molar-refractivity contribution in [3.63, 3.8) is 0 Å². The van der Waals surface area contributed by atoms with Crippen LogP contribution in [0, 0.1) is 0 Å². The summed E-state index contributed by atoms with van der Waals surface area (Å²) < 4.78 is 0. The molecular formula is C22H25ClN2O. The molecule has 136 valence electrons. The first kappa shape index (κ1) is 17.6. The minimum Gasteiger partial charge on any atom is -0.353 e. The summed E-state index contributed by atoms with van der Waals surface area (Å²) in [6.07, 6.45) is 3.92. The Bertz CT molecular complexity index is 747. The lowest BCUT2D eigenvalue weighted by atomic mass is 9.94. The summed E-state index contributed by atoms with van der Waals surface area (Å²) in [7, 11) is 0. The van der Waals surface area contributed by atoms with Gasteiger partial charge in [-0.3, -0.25) is 9.69 Å². The van der Waals surface area contributed by atoms with Crippen LogP contribution in [0.15, 0.2) is 54.6 Å². The number of nitrogens with one attached hydrogen (secondary N) is 1. The summed E-state index contributed by atoms with van der Waals surface area (Å²) in [6.45, 7) is 3.07. The van der Waals surface area contributed by atoms with Crippen molar-refractivity contribution in [1.82, 2.24) is 10.2 Å². The van der Waals surface area contributed by atoms with Gasteiger partial charge < -0.3 is 5.32 Å². The van der Waals surface area contributed by atoms with E-state index in [0.717, 1.165) is 55.9 Å². The maximum Gasteiger partial charge on any atom is 0.230 e. The molecule has 0 spiro atoms. The van der Waals surface area contributed by atoms with Crippen LogP contribution in [0.25, 0.3) is 0 Å². The third kappa shape index (κ3) is 3.79. The third-order valence-electron chi connectivity index (χ3n) is 5.75. The molecule has 2 aromatic rings. The number of likely N-dealkylation sites (tertiary alicyclic amines) is 1. The molecule has 0 aromatic heterocycles. The van der Waals surface area contributed by atoms with Crippen LogP contribution in [-0.4, -0.2) is 29.9 Å². The minimum absolute atomic E-state index is 0.196. The number of piperidine rings is 1. The van der Waals surface area contributed by atoms with Crippen molar-refractivity contribution in [3.05, 3.63) is 70.7 Å². The van der Waals surface area contributed by atoms with E-state index >= 15 is 0 Å². The van der Waals surface area contributed by atoms with E-state index in [-0.39, 0.29) is 11.3 Å². The van der Waals surface area contributed by atoms with E-state index in [4.69, 9.17) is 11.6 Å². The summed E-state index contributed by atoms with van der Waals surface area (Å²) in [4.78, 5) is 15.4. The Hall–Kier alpha value is -1.84. The Morgan fingerprint density at radius 2 is 1.69 bits per heavy atom. The van der Waals surface area contributed by atoms with E-state index in [9.17, 15) is 4.79 Å². The molecule has 1 saturated carbocycles. The quantitative estimate of drug-likeness (QED) is 0.859. The smallest absolute Gasteiger partial charge is 0.230 e. The number of hydrogen-bond acceptors (Lipinski definition) is 2. The number of nitrogens with zero attached hydrogens (tertiary/aromatic N) is 1. The molecule has 0 unspecified atom stereocenters. The number of amides is 1. The first-order valence-electron chi connectivity index (χ1n) is 9.49. The lowest BCUT2D eigenvalue weighted by Gasteiger charge is -2.33. The van der Waals surface area contributed by atoms with Gasteiger partial charge in [-0.2, -0.15) is 0 Å². The number of halogens is 1. The van der Waals surface area contributed by atoms with Gasteiger partial charge in [0, 0.05) is 30.7 Å². The molecular weight excluding hydrogens is 344 g/mol. The highest BCUT2D eigenvalue weighted by atomic mass is 35.5. The van der Waals surface area contributed by atoms with Gasteiger partial charge in [0.2, 0.25) is 5.91 Å². The van der Waals surface area contributed by atoms with Gasteiger partial charge >= 0.3 is 0 Å². The van der Waals surface area contributed by atoms with Crippen molar-refractivity contribution in [1.29, 1.82) is 0 Å². The Kier molecular flexibility index (Phi) is 5.01. The van der Waals surface area contributed by atoms with E-state index in [2.05, 4.69) is 40.5 Å². The Morgan fingerprint density at radius 1 is 1.04 bits per heavy atom. The second-order valence-electron chi connectivity index (χ2n) is 7.60. The largest absolute Gasteiger partial charge is 0.353 e. The molecule has 3 nitrogen and oxygen atoms in total. The minimum atomic E-state index is -0.314. The molecule has 1 amide bonds. The van der Waals surface area contributed by atoms with Crippen LogP contribution < -0.4 is 5.32 Å². The van der Waals surface area contributed by atoms with Crippen LogP contribution in [0.1, 0.15) is 36.8 Å². The topological polar surface area (TPSA) is 32.3 Å². The van der Waals surface area contributed by atoms with E-state index < -0.39 is 0 Å². The van der Waals surface area contributed by atoms with E-state index in [1.807, 2.05) is 24.3 Å². The molecule has 2 aliphatic rings. The fraction of sp³-hybridized carbons (Fsp3) is 0.409. The molecule has 1 aliphatic heterocycles. The van der Waals surface area contributed by atoms with Gasteiger partial charge in [-0.05, 0) is 48.9 Å². The van der Waals surface area contributed by atoms with Crippen LogP contribution >= 0.6 is 11.6 Å². The fourth-order valence-corrected chi connectivity index (χ4v) is 4.07. The van der Waals surface area contributed by atoms with Crippen molar-refractivity contribution in [2.75, 3.05) is 13.1 Å². The summed E-state index contributed by atoms with van der Waals surface area (Å²) in [5.74, 6) is 0.196. The van der Waals surface area contributed by atoms with Crippen molar-refractivity contribution in [3.8, 4) is 0 Å². The van der Waals surface area contributed by atoms with Gasteiger partial charge in [-0.15, -0.1) is 0 Å². The van der Waals surface area contributed by atoms with E-state index in [1.54, 1.807) is 0 Å². The number of carbonyl (C=O) groups is 1. The summed E-state index contributed by atoms with van der Waals surface area (Å²) in [5, 5.41) is 4.04. The van der Waals surface area contributed by atoms with Crippen molar-refractivity contribution >= 4 is 17.5 Å². The highest BCUT2D eigenvalue weighted by Gasteiger charge is 2.51. The molecule has 4 rings (SSSR count). The average Bonchev–Trinajstić information content (AvgIpc) is 3.47. The van der Waals surface area contributed by atoms with Crippen molar-refractivity contribution in [2.24, 2.45) is 0 Å². The van der Waals surface area contributed by atoms with Gasteiger partial charge in [-0.1, -0.05) is 54.1 Å². The third-order valence-corrected chi connectivity index (χ3v) is 6.01. The highest BCUT2D eigenvalue weighted by molar-refractivity contribution is 6.30. The SMILES string of the molecule is O=C(NC1CCN(Cc2ccccc2)CC1)C1(c2ccc(Cl)cc2)CC1. The first-order chi connectivity index (χ1) is 12.7. The molecule has 2 fully saturated rings. The molecule has 2 aromatic carbocycles. The molecule has 26 heavy (non-hydrogen) atoms. The average molecular weight is 369 g/mol. The number of hydrogen-bond donors (Lipinski definition) is 1. The molecule has 1 heterocycles. The standard InChI is InChI=1S/C22H25ClN2O/c23-19-8-6-18(7-9-19)22(12-13-22)21(26)24-20-10-14-25(15-11-20)16-17-4-2-1-3-5-17/h1-9,20H,10-16H2,(H,24,26). The maximum atomic E-state index is 12.9. The molecule has 1 aliphatic carbocycles. The molecule has 0 radical (unpaired) electrons. The van der Waals surface area contributed by atoms with Crippen LogP contribution in [0.2, 0.25) is 5.02 Å². The van der Waals surface area contributed by atoms with Crippen molar-refractivity contribution in [2.45, 2.75) is 43.7 Å². The molecule has 0 atom stereocenters. The van der Waals surface area contributed by atoms with Crippen LogP contribution in [0.5, 0.6) is 0 Å². The highest BCUT2D eigenvalue weighted by Crippen LogP contribution is 2.48. The van der Waals surface area contributed by atoms with Gasteiger partial charge in [0.05, 0.1) is 5.41 Å². The zero-order valence-electron chi connectivity index (χ0n) is 15.0. The normalized spacial score (nSPS) is 19.9. The van der Waals surface area contributed by atoms with Gasteiger partial charge in [0.15, 0.2) is 0 Å².